The molecule has 1 N–H and O–H groups in total. The van der Waals surface area contributed by atoms with Crippen molar-refractivity contribution in [2.45, 2.75) is 38.6 Å². The first-order valence-electron chi connectivity index (χ1n) is 10.0. The van der Waals surface area contributed by atoms with E-state index < -0.39 is 10.0 Å². The summed E-state index contributed by atoms with van der Waals surface area (Å²) in [6.45, 7) is 0.871. The zero-order chi connectivity index (χ0) is 20.7. The van der Waals surface area contributed by atoms with Gasteiger partial charge in [-0.2, -0.15) is 0 Å². The van der Waals surface area contributed by atoms with E-state index in [0.717, 1.165) is 24.8 Å². The molecule has 0 fully saturated rings. The van der Waals surface area contributed by atoms with Crippen LogP contribution in [-0.4, -0.2) is 27.1 Å². The monoisotopic (exact) mass is 412 g/mol. The molecule has 1 amide bonds. The molecule has 2 aromatic rings. The lowest BCUT2D eigenvalue weighted by atomic mass is 9.97. The molecule has 1 aliphatic carbocycles. The average molecular weight is 413 g/mol. The highest BCUT2D eigenvalue weighted by atomic mass is 32.2. The molecular formula is C23H28N2O3S. The minimum Gasteiger partial charge on any atom is -0.352 e. The number of rotatable bonds is 8. The average Bonchev–Trinajstić information content (AvgIpc) is 2.73. The maximum absolute atomic E-state index is 12.4. The Bertz CT molecular complexity index is 951. The number of nitrogens with one attached hydrogen (secondary N) is 1. The Morgan fingerprint density at radius 2 is 1.76 bits per heavy atom. The molecule has 3 rings (SSSR count). The zero-order valence-electron chi connectivity index (χ0n) is 16.8. The summed E-state index contributed by atoms with van der Waals surface area (Å²) in [6, 6.07) is 16.2. The second-order valence-corrected chi connectivity index (χ2v) is 9.32. The van der Waals surface area contributed by atoms with Gasteiger partial charge in [-0.15, -0.1) is 0 Å². The predicted octanol–water partition coefficient (Wildman–Crippen LogP) is 4.27. The molecule has 0 bridgehead atoms. The van der Waals surface area contributed by atoms with Gasteiger partial charge in [0.1, 0.15) is 0 Å². The number of amides is 1. The van der Waals surface area contributed by atoms with Crippen LogP contribution >= 0.6 is 0 Å². The van der Waals surface area contributed by atoms with Crippen molar-refractivity contribution in [1.82, 2.24) is 5.32 Å². The first-order chi connectivity index (χ1) is 13.9. The summed E-state index contributed by atoms with van der Waals surface area (Å²) in [5, 5.41) is 2.95. The molecule has 29 heavy (non-hydrogen) atoms. The van der Waals surface area contributed by atoms with Crippen LogP contribution in [0.5, 0.6) is 0 Å². The van der Waals surface area contributed by atoms with Crippen LogP contribution in [0.2, 0.25) is 0 Å². The molecule has 1 aliphatic rings. The number of anilines is 1. The van der Waals surface area contributed by atoms with Gasteiger partial charge in [-0.25, -0.2) is 8.42 Å². The van der Waals surface area contributed by atoms with Crippen LogP contribution in [0.1, 0.15) is 48.0 Å². The van der Waals surface area contributed by atoms with Gasteiger partial charge in [-0.3, -0.25) is 9.10 Å². The van der Waals surface area contributed by atoms with Gasteiger partial charge in [0.25, 0.3) is 5.91 Å². The first kappa shape index (κ1) is 21.1. The van der Waals surface area contributed by atoms with Crippen molar-refractivity contribution in [3.8, 4) is 0 Å². The van der Waals surface area contributed by atoms with Crippen molar-refractivity contribution >= 4 is 21.6 Å². The van der Waals surface area contributed by atoms with Gasteiger partial charge in [0.05, 0.1) is 18.5 Å². The van der Waals surface area contributed by atoms with Crippen LogP contribution < -0.4 is 9.62 Å². The van der Waals surface area contributed by atoms with E-state index in [0.29, 0.717) is 17.8 Å². The summed E-state index contributed by atoms with van der Waals surface area (Å²) in [4.78, 5) is 12.4. The van der Waals surface area contributed by atoms with Gasteiger partial charge >= 0.3 is 0 Å². The van der Waals surface area contributed by atoms with E-state index in [9.17, 15) is 13.2 Å². The van der Waals surface area contributed by atoms with Gasteiger partial charge in [-0.1, -0.05) is 42.0 Å². The largest absolute Gasteiger partial charge is 0.352 e. The second-order valence-electron chi connectivity index (χ2n) is 7.42. The predicted molar refractivity (Wildman–Crippen MR) is 117 cm³/mol. The third-order valence-corrected chi connectivity index (χ3v) is 6.24. The molecule has 0 aromatic heterocycles. The van der Waals surface area contributed by atoms with Crippen molar-refractivity contribution in [3.63, 3.8) is 0 Å². The third kappa shape index (κ3) is 6.19. The summed E-state index contributed by atoms with van der Waals surface area (Å²) in [7, 11) is -3.45. The number of carbonyl (C=O) groups is 1. The van der Waals surface area contributed by atoms with E-state index in [-0.39, 0.29) is 12.5 Å². The highest BCUT2D eigenvalue weighted by molar-refractivity contribution is 7.92. The van der Waals surface area contributed by atoms with Gasteiger partial charge in [0.15, 0.2) is 0 Å². The lowest BCUT2D eigenvalue weighted by molar-refractivity contribution is 0.0954. The van der Waals surface area contributed by atoms with Crippen LogP contribution in [-0.2, 0) is 16.6 Å². The fourth-order valence-electron chi connectivity index (χ4n) is 3.50. The Labute approximate surface area is 173 Å². The van der Waals surface area contributed by atoms with Crippen LogP contribution in [0, 0.1) is 0 Å². The lowest BCUT2D eigenvalue weighted by Gasteiger charge is -2.22. The molecule has 0 atom stereocenters. The number of hydrogen-bond acceptors (Lipinski definition) is 3. The first-order valence-corrected chi connectivity index (χ1v) is 11.9. The Balaban J connectivity index is 1.63. The summed E-state index contributed by atoms with van der Waals surface area (Å²) in [6.07, 6.45) is 9.14. The minimum absolute atomic E-state index is 0.137. The number of nitrogens with zero attached hydrogens (tertiary/aromatic N) is 1. The van der Waals surface area contributed by atoms with E-state index in [2.05, 4.69) is 11.4 Å². The van der Waals surface area contributed by atoms with Crippen molar-refractivity contribution in [2.75, 3.05) is 17.1 Å². The number of sulfonamides is 1. The normalized spacial score (nSPS) is 14.2. The van der Waals surface area contributed by atoms with E-state index in [4.69, 9.17) is 0 Å². The Kier molecular flexibility index (Phi) is 7.09. The van der Waals surface area contributed by atoms with E-state index >= 15 is 0 Å². The maximum Gasteiger partial charge on any atom is 0.251 e. The van der Waals surface area contributed by atoms with Crippen LogP contribution in [0.3, 0.4) is 0 Å². The molecule has 0 unspecified atom stereocenters. The number of allylic oxidation sites excluding steroid dienone is 1. The van der Waals surface area contributed by atoms with Crippen LogP contribution in [0.25, 0.3) is 0 Å². The summed E-state index contributed by atoms with van der Waals surface area (Å²) in [5.74, 6) is -0.137. The quantitative estimate of drug-likeness (QED) is 0.659. The topological polar surface area (TPSA) is 66.5 Å². The van der Waals surface area contributed by atoms with Crippen LogP contribution in [0.4, 0.5) is 5.69 Å². The van der Waals surface area contributed by atoms with E-state index in [1.54, 1.807) is 24.3 Å². The third-order valence-electron chi connectivity index (χ3n) is 5.10. The molecule has 0 radical (unpaired) electrons. The molecule has 6 heteroatoms. The van der Waals surface area contributed by atoms with Gasteiger partial charge in [-0.05, 0) is 61.9 Å². The fraction of sp³-hybridized carbons (Fsp3) is 0.348. The lowest BCUT2D eigenvalue weighted by Crippen LogP contribution is -2.29. The molecule has 0 spiro atoms. The van der Waals surface area contributed by atoms with Crippen molar-refractivity contribution in [3.05, 3.63) is 77.4 Å². The van der Waals surface area contributed by atoms with Gasteiger partial charge < -0.3 is 5.32 Å². The molecule has 5 nitrogen and oxygen atoms in total. The highest BCUT2D eigenvalue weighted by Crippen LogP contribution is 2.22. The molecule has 0 saturated heterocycles. The fourth-order valence-corrected chi connectivity index (χ4v) is 4.39. The number of hydrogen-bond donors (Lipinski definition) is 1. The van der Waals surface area contributed by atoms with Crippen molar-refractivity contribution in [2.24, 2.45) is 0 Å². The Morgan fingerprint density at radius 1 is 1.03 bits per heavy atom. The standard InChI is InChI=1S/C23H28N2O3S/c1-29(27,28)25(18-20-10-6-3-7-11-20)22-14-12-21(13-15-22)23(26)24-17-16-19-8-4-2-5-9-19/h3,6-8,10-15H,2,4-5,9,16-18H2,1H3,(H,24,26). The van der Waals surface area contributed by atoms with Gasteiger partial charge in [0.2, 0.25) is 10.0 Å². The molecule has 0 heterocycles. The minimum atomic E-state index is -3.45. The Morgan fingerprint density at radius 3 is 2.38 bits per heavy atom. The molecular weight excluding hydrogens is 384 g/mol. The maximum atomic E-state index is 12.4. The van der Waals surface area contributed by atoms with Crippen molar-refractivity contribution < 1.29 is 13.2 Å². The number of benzene rings is 2. The van der Waals surface area contributed by atoms with E-state index in [1.807, 2.05) is 30.3 Å². The second kappa shape index (κ2) is 9.74. The van der Waals surface area contributed by atoms with Gasteiger partial charge in [0, 0.05) is 12.1 Å². The zero-order valence-corrected chi connectivity index (χ0v) is 17.6. The summed E-state index contributed by atoms with van der Waals surface area (Å²) < 4.78 is 25.9. The number of carbonyl (C=O) groups excluding carboxylic acids is 1. The smallest absolute Gasteiger partial charge is 0.251 e. The Hall–Kier alpha value is -2.60. The highest BCUT2D eigenvalue weighted by Gasteiger charge is 2.18. The summed E-state index contributed by atoms with van der Waals surface area (Å²) >= 11 is 0. The molecule has 2 aromatic carbocycles. The molecule has 154 valence electrons. The van der Waals surface area contributed by atoms with Crippen LogP contribution in [0.15, 0.2) is 66.2 Å². The van der Waals surface area contributed by atoms with E-state index in [1.165, 1.54) is 29.0 Å². The van der Waals surface area contributed by atoms with Crippen molar-refractivity contribution in [1.29, 1.82) is 0 Å². The molecule has 0 saturated carbocycles. The SMILES string of the molecule is CS(=O)(=O)N(Cc1ccccc1)c1ccc(C(=O)NCCC2=CCCCC2)cc1. The summed E-state index contributed by atoms with van der Waals surface area (Å²) in [5.41, 5.74) is 3.40. The molecule has 0 aliphatic heterocycles.